The molecule has 3 heteroatoms. The van der Waals surface area contributed by atoms with Gasteiger partial charge >= 0.3 is 0 Å². The molecule has 0 aliphatic rings. The Kier molecular flexibility index (Phi) is 3.78. The summed E-state index contributed by atoms with van der Waals surface area (Å²) in [6.45, 7) is 4.11. The number of nitrogens with two attached hydrogens (primary N) is 1. The van der Waals surface area contributed by atoms with Gasteiger partial charge in [-0.2, -0.15) is 0 Å². The van der Waals surface area contributed by atoms with Gasteiger partial charge in [-0.1, -0.05) is 30.7 Å². The summed E-state index contributed by atoms with van der Waals surface area (Å²) in [5.74, 6) is 0. The van der Waals surface area contributed by atoms with Crippen LogP contribution in [0, 0.1) is 6.92 Å². The van der Waals surface area contributed by atoms with Gasteiger partial charge in [-0.25, -0.2) is 0 Å². The first-order chi connectivity index (χ1) is 8.60. The third-order valence-corrected chi connectivity index (χ3v) is 3.38. The van der Waals surface area contributed by atoms with Crippen LogP contribution < -0.4 is 11.1 Å². The maximum atomic E-state index is 6.02. The average molecular weight is 261 g/mol. The molecule has 2 nitrogen and oxygen atoms in total. The number of halogens is 1. The summed E-state index contributed by atoms with van der Waals surface area (Å²) in [6.07, 6.45) is 1.04. The topological polar surface area (TPSA) is 38.0 Å². The van der Waals surface area contributed by atoms with E-state index in [0.29, 0.717) is 10.7 Å². The van der Waals surface area contributed by atoms with Crippen molar-refractivity contribution in [2.45, 2.75) is 20.3 Å². The third kappa shape index (κ3) is 2.77. The molecule has 0 aliphatic heterocycles. The Morgan fingerprint density at radius 1 is 1.17 bits per heavy atom. The number of anilines is 3. The molecule has 2 aromatic carbocycles. The van der Waals surface area contributed by atoms with Crippen LogP contribution in [0.5, 0.6) is 0 Å². The molecule has 0 amide bonds. The van der Waals surface area contributed by atoms with Crippen LogP contribution in [0.3, 0.4) is 0 Å². The van der Waals surface area contributed by atoms with Gasteiger partial charge in [-0.3, -0.25) is 0 Å². The Morgan fingerprint density at radius 2 is 1.83 bits per heavy atom. The minimum atomic E-state index is 0.658. The number of aryl methyl sites for hydroxylation is 2. The highest BCUT2D eigenvalue weighted by Gasteiger charge is 2.04. The fraction of sp³-hybridized carbons (Fsp3) is 0.200. The Morgan fingerprint density at radius 3 is 2.44 bits per heavy atom. The van der Waals surface area contributed by atoms with Crippen molar-refractivity contribution >= 4 is 28.7 Å². The van der Waals surface area contributed by atoms with E-state index in [1.807, 2.05) is 13.0 Å². The van der Waals surface area contributed by atoms with Gasteiger partial charge < -0.3 is 11.1 Å². The number of rotatable bonds is 3. The minimum absolute atomic E-state index is 0.658. The molecule has 94 valence electrons. The lowest BCUT2D eigenvalue weighted by Gasteiger charge is -2.11. The van der Waals surface area contributed by atoms with Crippen molar-refractivity contribution in [1.29, 1.82) is 0 Å². The molecule has 0 aromatic heterocycles. The van der Waals surface area contributed by atoms with Crippen molar-refractivity contribution in [3.8, 4) is 0 Å². The average Bonchev–Trinajstić information content (AvgIpc) is 2.37. The molecule has 0 radical (unpaired) electrons. The van der Waals surface area contributed by atoms with Crippen LogP contribution in [0.15, 0.2) is 36.4 Å². The number of nitrogens with one attached hydrogen (secondary N) is 1. The Labute approximate surface area is 113 Å². The van der Waals surface area contributed by atoms with E-state index in [1.165, 1.54) is 5.56 Å². The van der Waals surface area contributed by atoms with Crippen LogP contribution in [0.2, 0.25) is 5.02 Å². The van der Waals surface area contributed by atoms with Gasteiger partial charge in [0.1, 0.15) is 0 Å². The van der Waals surface area contributed by atoms with Gasteiger partial charge in [-0.15, -0.1) is 0 Å². The number of benzene rings is 2. The fourth-order valence-electron chi connectivity index (χ4n) is 1.78. The van der Waals surface area contributed by atoms with E-state index in [0.717, 1.165) is 23.4 Å². The van der Waals surface area contributed by atoms with E-state index >= 15 is 0 Å². The zero-order valence-corrected chi connectivity index (χ0v) is 11.4. The van der Waals surface area contributed by atoms with Gasteiger partial charge in [0.15, 0.2) is 0 Å². The molecule has 3 N–H and O–H groups in total. The molecular formula is C15H17ClN2. The van der Waals surface area contributed by atoms with Gasteiger partial charge in [0, 0.05) is 10.7 Å². The third-order valence-electron chi connectivity index (χ3n) is 2.97. The standard InChI is InChI=1S/C15H17ClN2/c1-3-11-4-6-12(7-5-11)18-15-8-10(2)13(16)9-14(15)17/h4-9,18H,3,17H2,1-2H3. The summed E-state index contributed by atoms with van der Waals surface area (Å²) >= 11 is 6.02. The second kappa shape index (κ2) is 5.32. The van der Waals surface area contributed by atoms with Crippen LogP contribution >= 0.6 is 11.6 Å². The maximum absolute atomic E-state index is 6.02. The van der Waals surface area contributed by atoms with E-state index in [1.54, 1.807) is 6.07 Å². The predicted octanol–water partition coefficient (Wildman–Crippen LogP) is 4.54. The molecule has 0 spiro atoms. The minimum Gasteiger partial charge on any atom is -0.397 e. The van der Waals surface area contributed by atoms with E-state index in [2.05, 4.69) is 36.5 Å². The second-order valence-electron chi connectivity index (χ2n) is 4.36. The normalized spacial score (nSPS) is 10.4. The van der Waals surface area contributed by atoms with E-state index < -0.39 is 0 Å². The molecule has 0 unspecified atom stereocenters. The van der Waals surface area contributed by atoms with Crippen molar-refractivity contribution in [3.63, 3.8) is 0 Å². The summed E-state index contributed by atoms with van der Waals surface area (Å²) in [4.78, 5) is 0. The van der Waals surface area contributed by atoms with E-state index in [9.17, 15) is 0 Å². The smallest absolute Gasteiger partial charge is 0.0621 e. The highest BCUT2D eigenvalue weighted by molar-refractivity contribution is 6.31. The molecule has 0 saturated heterocycles. The van der Waals surface area contributed by atoms with Crippen LogP contribution in [-0.2, 0) is 6.42 Å². The molecule has 0 saturated carbocycles. The molecule has 2 aromatic rings. The first-order valence-electron chi connectivity index (χ1n) is 6.01. The SMILES string of the molecule is CCc1ccc(Nc2cc(C)c(Cl)cc2N)cc1. The van der Waals surface area contributed by atoms with Crippen molar-refractivity contribution in [3.05, 3.63) is 52.5 Å². The highest BCUT2D eigenvalue weighted by Crippen LogP contribution is 2.29. The monoisotopic (exact) mass is 260 g/mol. The molecule has 0 atom stereocenters. The fourth-order valence-corrected chi connectivity index (χ4v) is 1.96. The summed E-state index contributed by atoms with van der Waals surface area (Å²) < 4.78 is 0. The number of hydrogen-bond acceptors (Lipinski definition) is 2. The van der Waals surface area contributed by atoms with Crippen LogP contribution in [-0.4, -0.2) is 0 Å². The van der Waals surface area contributed by atoms with Gasteiger partial charge in [0.05, 0.1) is 11.4 Å². The molecule has 0 heterocycles. The summed E-state index contributed by atoms with van der Waals surface area (Å²) in [5, 5.41) is 4.00. The van der Waals surface area contributed by atoms with Crippen molar-refractivity contribution in [2.24, 2.45) is 0 Å². The van der Waals surface area contributed by atoms with Crippen molar-refractivity contribution in [2.75, 3.05) is 11.1 Å². The van der Waals surface area contributed by atoms with Gasteiger partial charge in [0.2, 0.25) is 0 Å². The highest BCUT2D eigenvalue weighted by atomic mass is 35.5. The first kappa shape index (κ1) is 12.8. The van der Waals surface area contributed by atoms with E-state index in [4.69, 9.17) is 17.3 Å². The summed E-state index contributed by atoms with van der Waals surface area (Å²) in [7, 11) is 0. The van der Waals surface area contributed by atoms with E-state index in [-0.39, 0.29) is 0 Å². The Balaban J connectivity index is 2.25. The van der Waals surface area contributed by atoms with Crippen LogP contribution in [0.25, 0.3) is 0 Å². The molecule has 2 rings (SSSR count). The first-order valence-corrected chi connectivity index (χ1v) is 6.39. The largest absolute Gasteiger partial charge is 0.397 e. The Bertz CT molecular complexity index is 547. The zero-order chi connectivity index (χ0) is 13.1. The van der Waals surface area contributed by atoms with Crippen molar-refractivity contribution < 1.29 is 0 Å². The van der Waals surface area contributed by atoms with Crippen molar-refractivity contribution in [1.82, 2.24) is 0 Å². The summed E-state index contributed by atoms with van der Waals surface area (Å²) in [5.41, 5.74) is 10.9. The second-order valence-corrected chi connectivity index (χ2v) is 4.77. The van der Waals surface area contributed by atoms with Gasteiger partial charge in [0.25, 0.3) is 0 Å². The lowest BCUT2D eigenvalue weighted by molar-refractivity contribution is 1.14. The van der Waals surface area contributed by atoms with Crippen LogP contribution in [0.4, 0.5) is 17.1 Å². The summed E-state index contributed by atoms with van der Waals surface area (Å²) in [6, 6.07) is 12.1. The Hall–Kier alpha value is -1.67. The predicted molar refractivity (Wildman–Crippen MR) is 79.7 cm³/mol. The quantitative estimate of drug-likeness (QED) is 0.796. The maximum Gasteiger partial charge on any atom is 0.0621 e. The molecule has 18 heavy (non-hydrogen) atoms. The lowest BCUT2D eigenvalue weighted by Crippen LogP contribution is -1.97. The van der Waals surface area contributed by atoms with Gasteiger partial charge in [-0.05, 0) is 48.7 Å². The molecular weight excluding hydrogens is 244 g/mol. The lowest BCUT2D eigenvalue weighted by atomic mass is 10.1. The molecule has 0 bridgehead atoms. The zero-order valence-electron chi connectivity index (χ0n) is 10.6. The molecule has 0 fully saturated rings. The molecule has 0 aliphatic carbocycles. The number of nitrogen functional groups attached to an aromatic ring is 1. The van der Waals surface area contributed by atoms with Crippen LogP contribution in [0.1, 0.15) is 18.1 Å². The number of hydrogen-bond donors (Lipinski definition) is 2.